The van der Waals surface area contributed by atoms with E-state index < -0.39 is 0 Å². The summed E-state index contributed by atoms with van der Waals surface area (Å²) in [5, 5.41) is 3.18. The van der Waals surface area contributed by atoms with Crippen molar-refractivity contribution in [3.05, 3.63) is 0 Å². The number of nitrogens with zero attached hydrogens (tertiary/aromatic N) is 1. The first kappa shape index (κ1) is 21.0. The minimum absolute atomic E-state index is 0. The number of rotatable bonds is 6. The maximum absolute atomic E-state index is 12.3. The van der Waals surface area contributed by atoms with Crippen molar-refractivity contribution in [2.24, 2.45) is 5.41 Å². The van der Waals surface area contributed by atoms with Gasteiger partial charge in [-0.2, -0.15) is 0 Å². The number of nitrogens with one attached hydrogen (secondary N) is 1. The lowest BCUT2D eigenvalue weighted by molar-refractivity contribution is -0.127. The average molecular weight is 293 g/mol. The number of halogens is 1. The second-order valence-electron chi connectivity index (χ2n) is 7.01. The number of carbonyl (C=O) groups is 1. The fourth-order valence-electron chi connectivity index (χ4n) is 2.75. The van der Waals surface area contributed by atoms with Crippen LogP contribution in [0.5, 0.6) is 0 Å². The van der Waals surface area contributed by atoms with Crippen molar-refractivity contribution in [1.82, 2.24) is 10.2 Å². The molecule has 0 spiro atoms. The molecule has 0 fully saturated rings. The third-order valence-electron chi connectivity index (χ3n) is 3.17. The molecule has 3 nitrogen and oxygen atoms in total. The summed E-state index contributed by atoms with van der Waals surface area (Å²) >= 11 is 0. The summed E-state index contributed by atoms with van der Waals surface area (Å²) in [6, 6.07) is -0.0563. The fourth-order valence-corrected chi connectivity index (χ4v) is 2.75. The largest absolute Gasteiger partial charge is 0.350 e. The lowest BCUT2D eigenvalue weighted by Crippen LogP contribution is -2.53. The summed E-state index contributed by atoms with van der Waals surface area (Å²) in [4.78, 5) is 14.4. The highest BCUT2D eigenvalue weighted by molar-refractivity contribution is 5.85. The Bertz CT molecular complexity index is 268. The van der Waals surface area contributed by atoms with Crippen molar-refractivity contribution in [2.75, 3.05) is 13.1 Å². The van der Waals surface area contributed by atoms with E-state index in [9.17, 15) is 4.79 Å². The molecule has 0 aromatic carbocycles. The molecule has 0 saturated carbocycles. The summed E-state index contributed by atoms with van der Waals surface area (Å²) < 4.78 is 0. The molecule has 0 aliphatic heterocycles. The lowest BCUT2D eigenvalue weighted by Gasteiger charge is -2.35. The van der Waals surface area contributed by atoms with Crippen LogP contribution in [0.4, 0.5) is 0 Å². The monoisotopic (exact) mass is 292 g/mol. The first-order chi connectivity index (χ1) is 8.02. The maximum Gasteiger partial charge on any atom is 0.237 e. The van der Waals surface area contributed by atoms with Crippen LogP contribution in [0.1, 0.15) is 61.8 Å². The van der Waals surface area contributed by atoms with Crippen LogP contribution in [-0.2, 0) is 4.79 Å². The Morgan fingerprint density at radius 1 is 1.11 bits per heavy atom. The summed E-state index contributed by atoms with van der Waals surface area (Å²) in [7, 11) is 0. The van der Waals surface area contributed by atoms with Gasteiger partial charge in [-0.25, -0.2) is 0 Å². The van der Waals surface area contributed by atoms with Crippen molar-refractivity contribution >= 4 is 18.3 Å². The van der Waals surface area contributed by atoms with E-state index in [1.807, 2.05) is 6.92 Å². The normalized spacial score (nSPS) is 13.9. The number of amides is 1. The summed E-state index contributed by atoms with van der Waals surface area (Å²) in [5.41, 5.74) is 0.0615. The highest BCUT2D eigenvalue weighted by Crippen LogP contribution is 2.26. The molecule has 4 heteroatoms. The number of carbonyl (C=O) groups excluding carboxylic acids is 1. The van der Waals surface area contributed by atoms with E-state index in [0.717, 1.165) is 19.5 Å². The molecule has 0 aromatic rings. The highest BCUT2D eigenvalue weighted by Gasteiger charge is 2.29. The molecule has 1 unspecified atom stereocenters. The quantitative estimate of drug-likeness (QED) is 0.813. The van der Waals surface area contributed by atoms with Crippen molar-refractivity contribution in [3.63, 3.8) is 0 Å². The van der Waals surface area contributed by atoms with Crippen molar-refractivity contribution in [3.8, 4) is 0 Å². The molecule has 1 atom stereocenters. The molecule has 1 amide bonds. The Morgan fingerprint density at radius 2 is 1.53 bits per heavy atom. The summed E-state index contributed by atoms with van der Waals surface area (Å²) in [6.45, 7) is 18.8. The van der Waals surface area contributed by atoms with Crippen molar-refractivity contribution in [1.29, 1.82) is 0 Å². The molecule has 0 aromatic heterocycles. The first-order valence-corrected chi connectivity index (χ1v) is 7.08. The lowest BCUT2D eigenvalue weighted by atomic mass is 9.81. The van der Waals surface area contributed by atoms with Gasteiger partial charge in [0.05, 0.1) is 6.04 Å². The number of likely N-dealkylation sites (N-methyl/N-ethyl adjacent to an activating group) is 1. The van der Waals surface area contributed by atoms with Gasteiger partial charge < -0.3 is 5.32 Å². The molecule has 0 aliphatic rings. The highest BCUT2D eigenvalue weighted by atomic mass is 35.5. The fraction of sp³-hybridized carbons (Fsp3) is 0.933. The van der Waals surface area contributed by atoms with Crippen LogP contribution in [-0.4, -0.2) is 35.5 Å². The van der Waals surface area contributed by atoms with Gasteiger partial charge in [0.25, 0.3) is 0 Å². The van der Waals surface area contributed by atoms with E-state index in [4.69, 9.17) is 0 Å². The van der Waals surface area contributed by atoms with Gasteiger partial charge in [0.2, 0.25) is 5.91 Å². The third-order valence-corrected chi connectivity index (χ3v) is 3.17. The van der Waals surface area contributed by atoms with E-state index in [-0.39, 0.29) is 35.3 Å². The zero-order chi connectivity index (χ0) is 14.6. The van der Waals surface area contributed by atoms with Crippen LogP contribution in [0.15, 0.2) is 0 Å². The Morgan fingerprint density at radius 3 is 1.84 bits per heavy atom. The molecule has 0 radical (unpaired) electrons. The van der Waals surface area contributed by atoms with Gasteiger partial charge in [0, 0.05) is 5.54 Å². The standard InChI is InChI=1S/C15H32N2O.ClH/c1-9-17(10-2)12(3)13(18)16-15(7,8)11-14(4,5)6;/h12H,9-11H2,1-8H3,(H,16,18);1H. The Hall–Kier alpha value is -0.280. The van der Waals surface area contributed by atoms with Gasteiger partial charge in [0.15, 0.2) is 0 Å². The first-order valence-electron chi connectivity index (χ1n) is 7.08. The summed E-state index contributed by atoms with van der Waals surface area (Å²) in [6.07, 6.45) is 0.969. The molecule has 19 heavy (non-hydrogen) atoms. The predicted molar refractivity (Wildman–Crippen MR) is 85.9 cm³/mol. The number of hydrogen-bond acceptors (Lipinski definition) is 2. The maximum atomic E-state index is 12.3. The molecule has 0 rings (SSSR count). The predicted octanol–water partition coefficient (Wildman–Crippen LogP) is 3.47. The third kappa shape index (κ3) is 8.48. The SMILES string of the molecule is CCN(CC)C(C)C(=O)NC(C)(C)CC(C)(C)C.Cl. The molecule has 116 valence electrons. The minimum atomic E-state index is -0.156. The van der Waals surface area contributed by atoms with Crippen LogP contribution < -0.4 is 5.32 Å². The molecule has 0 heterocycles. The second-order valence-corrected chi connectivity index (χ2v) is 7.01. The summed E-state index contributed by atoms with van der Waals surface area (Å²) in [5.74, 6) is 0.132. The van der Waals surface area contributed by atoms with Crippen molar-refractivity contribution < 1.29 is 4.79 Å². The molecule has 0 bridgehead atoms. The van der Waals surface area contributed by atoms with E-state index in [1.54, 1.807) is 0 Å². The molecule has 0 saturated heterocycles. The zero-order valence-electron chi connectivity index (χ0n) is 14.0. The zero-order valence-corrected chi connectivity index (χ0v) is 14.8. The molecule has 1 N–H and O–H groups in total. The minimum Gasteiger partial charge on any atom is -0.350 e. The van der Waals surface area contributed by atoms with Gasteiger partial charge in [-0.15, -0.1) is 12.4 Å². The van der Waals surface area contributed by atoms with Gasteiger partial charge >= 0.3 is 0 Å². The van der Waals surface area contributed by atoms with Crippen LogP contribution in [0.2, 0.25) is 0 Å². The Labute approximate surface area is 125 Å². The molecular formula is C15H33ClN2O. The smallest absolute Gasteiger partial charge is 0.237 e. The van der Waals surface area contributed by atoms with Gasteiger partial charge in [0.1, 0.15) is 0 Å². The molecular weight excluding hydrogens is 260 g/mol. The van der Waals surface area contributed by atoms with Gasteiger partial charge in [-0.05, 0) is 45.7 Å². The van der Waals surface area contributed by atoms with E-state index in [0.29, 0.717) is 0 Å². The van der Waals surface area contributed by atoms with E-state index in [1.165, 1.54) is 0 Å². The second kappa shape index (κ2) is 8.11. The van der Waals surface area contributed by atoms with Gasteiger partial charge in [-0.3, -0.25) is 9.69 Å². The topological polar surface area (TPSA) is 32.3 Å². The van der Waals surface area contributed by atoms with Crippen LogP contribution in [0, 0.1) is 5.41 Å². The molecule has 0 aliphatic carbocycles. The van der Waals surface area contributed by atoms with Crippen molar-refractivity contribution in [2.45, 2.75) is 73.4 Å². The Balaban J connectivity index is 0. The number of hydrogen-bond donors (Lipinski definition) is 1. The van der Waals surface area contributed by atoms with Gasteiger partial charge in [-0.1, -0.05) is 34.6 Å². The van der Waals surface area contributed by atoms with Crippen LogP contribution in [0.3, 0.4) is 0 Å². The van der Waals surface area contributed by atoms with Crippen LogP contribution >= 0.6 is 12.4 Å². The Kier molecular flexibility index (Phi) is 8.97. The van der Waals surface area contributed by atoms with Crippen LogP contribution in [0.25, 0.3) is 0 Å². The average Bonchev–Trinajstić information content (AvgIpc) is 2.14. The van der Waals surface area contributed by atoms with E-state index >= 15 is 0 Å². The van der Waals surface area contributed by atoms with E-state index in [2.05, 4.69) is 58.7 Å².